The van der Waals surface area contributed by atoms with E-state index in [0.29, 0.717) is 5.92 Å². The van der Waals surface area contributed by atoms with Crippen molar-refractivity contribution >= 4 is 59.4 Å². The molecule has 1 N–H and O–H groups in total. The third kappa shape index (κ3) is 9.44. The van der Waals surface area contributed by atoms with Crippen LogP contribution in [-0.2, 0) is 36.7 Å². The first-order valence-corrected chi connectivity index (χ1v) is 21.0. The van der Waals surface area contributed by atoms with Gasteiger partial charge in [0.2, 0.25) is 0 Å². The first-order valence-electron chi connectivity index (χ1n) is 19.4. The van der Waals surface area contributed by atoms with Crippen molar-refractivity contribution in [1.29, 1.82) is 0 Å². The van der Waals surface area contributed by atoms with Crippen LogP contribution >= 0.6 is 22.7 Å². The van der Waals surface area contributed by atoms with Crippen molar-refractivity contribution in [3.63, 3.8) is 0 Å². The molecule has 6 heteroatoms. The molecule has 289 valence electrons. The van der Waals surface area contributed by atoms with Crippen LogP contribution in [0.1, 0.15) is 113 Å². The van der Waals surface area contributed by atoms with Gasteiger partial charge in [0.25, 0.3) is 0 Å². The van der Waals surface area contributed by atoms with Gasteiger partial charge in [-0.2, -0.15) is 0 Å². The molecular weight excluding hydrogens is 879 g/mol. The van der Waals surface area contributed by atoms with Gasteiger partial charge in [-0.3, -0.25) is 9.78 Å². The molecule has 0 fully saturated rings. The fourth-order valence-corrected chi connectivity index (χ4v) is 9.01. The second-order valence-corrected chi connectivity index (χ2v) is 18.8. The van der Waals surface area contributed by atoms with E-state index in [1.807, 2.05) is 70.4 Å². The van der Waals surface area contributed by atoms with Gasteiger partial charge in [0.05, 0.1) is 0 Å². The molecule has 3 heterocycles. The van der Waals surface area contributed by atoms with E-state index >= 15 is 0 Å². The van der Waals surface area contributed by atoms with Gasteiger partial charge in [0, 0.05) is 68.1 Å². The number of benzene rings is 3. The van der Waals surface area contributed by atoms with Crippen LogP contribution in [0.25, 0.3) is 52.0 Å². The molecule has 0 unspecified atom stereocenters. The number of carbonyl (C=O) groups is 1. The minimum atomic E-state index is -0.337. The predicted molar refractivity (Wildman–Crippen MR) is 233 cm³/mol. The number of ketones is 1. The van der Waals surface area contributed by atoms with Crippen LogP contribution in [0, 0.1) is 22.8 Å². The van der Waals surface area contributed by atoms with Gasteiger partial charge in [0.1, 0.15) is 5.76 Å². The van der Waals surface area contributed by atoms with E-state index in [0.717, 1.165) is 48.7 Å². The number of hydrogen-bond acceptors (Lipinski definition) is 5. The van der Waals surface area contributed by atoms with Crippen molar-refractivity contribution in [2.45, 2.75) is 114 Å². The van der Waals surface area contributed by atoms with E-state index in [-0.39, 0.29) is 47.9 Å². The fourth-order valence-electron chi connectivity index (χ4n) is 6.76. The van der Waals surface area contributed by atoms with Crippen LogP contribution in [0.3, 0.4) is 0 Å². The summed E-state index contributed by atoms with van der Waals surface area (Å²) in [4.78, 5) is 19.7. The van der Waals surface area contributed by atoms with E-state index in [1.54, 1.807) is 0 Å². The molecule has 0 bridgehead atoms. The third-order valence-corrected chi connectivity index (χ3v) is 13.8. The van der Waals surface area contributed by atoms with Gasteiger partial charge >= 0.3 is 0 Å². The summed E-state index contributed by atoms with van der Waals surface area (Å²) < 4.78 is 2.64. The van der Waals surface area contributed by atoms with Crippen molar-refractivity contribution in [2.24, 2.45) is 16.7 Å². The number of thiophene rings is 2. The summed E-state index contributed by atoms with van der Waals surface area (Å²) in [6, 6.07) is 28.3. The summed E-state index contributed by atoms with van der Waals surface area (Å²) in [5, 5.41) is 15.1. The summed E-state index contributed by atoms with van der Waals surface area (Å²) in [5.74, 6) is 0.954. The largest absolute Gasteiger partial charge is 0.512 e. The summed E-state index contributed by atoms with van der Waals surface area (Å²) in [6.07, 6.45) is 7.82. The number of nitrogens with zero attached hydrogens (tertiary/aromatic N) is 1. The summed E-state index contributed by atoms with van der Waals surface area (Å²) in [5.41, 5.74) is 4.28. The van der Waals surface area contributed by atoms with E-state index in [4.69, 9.17) is 4.98 Å². The smallest absolute Gasteiger partial charge is 0.164 e. The van der Waals surface area contributed by atoms with Gasteiger partial charge in [-0.25, -0.2) is 0 Å². The number of aliphatic hydroxyl groups excluding tert-OH is 1. The average Bonchev–Trinajstić information content (AvgIpc) is 3.77. The fraction of sp³-hybridized carbons (Fsp3) is 0.417. The molecular formula is C48H58IrNO2S2-. The Kier molecular flexibility index (Phi) is 14.3. The maximum absolute atomic E-state index is 12.2. The number of rotatable bonds is 11. The zero-order valence-corrected chi connectivity index (χ0v) is 38.1. The maximum atomic E-state index is 12.2. The van der Waals surface area contributed by atoms with Crippen molar-refractivity contribution < 1.29 is 30.0 Å². The van der Waals surface area contributed by atoms with Gasteiger partial charge in [0.15, 0.2) is 5.78 Å². The molecule has 0 aliphatic heterocycles. The average molecular weight is 937 g/mol. The molecule has 3 aromatic carbocycles. The van der Waals surface area contributed by atoms with Crippen LogP contribution in [0.4, 0.5) is 0 Å². The first kappa shape index (κ1) is 43.6. The predicted octanol–water partition coefficient (Wildman–Crippen LogP) is 14.9. The van der Waals surface area contributed by atoms with Crippen LogP contribution < -0.4 is 0 Å². The molecule has 0 amide bonds. The number of pyridine rings is 1. The molecule has 3 nitrogen and oxygen atoms in total. The van der Waals surface area contributed by atoms with E-state index in [1.165, 1.54) is 52.5 Å². The third-order valence-electron chi connectivity index (χ3n) is 11.4. The number of allylic oxidation sites excluding steroid dienone is 2. The number of carbonyl (C=O) groups excluding carboxylic acids is 1. The van der Waals surface area contributed by atoms with Crippen molar-refractivity contribution in [3.8, 4) is 21.0 Å². The molecule has 6 rings (SSSR count). The standard InChI is InChI=1S/C33H30NS2.C15H28O2.Ir/c1-20(2)14-21-10-11-23-18-30(36-29(23)15-21)31-19-26-28(35-31)12-13-34-32(26)24-16-22-8-6-7-9-25(22)27(17-24)33(3,4)5;1-7-14(5,8-2)12(16)11-13(17)15(6,9-3)10-4;/h6-13,15,17-20H,14H2,1-5H3;11,16H,7-10H2,1-6H3;/q-1;;/b;12-11-;. The molecule has 6 aromatic rings. The Morgan fingerprint density at radius 1 is 0.796 bits per heavy atom. The maximum Gasteiger partial charge on any atom is 0.164 e. The van der Waals surface area contributed by atoms with Crippen molar-refractivity contribution in [3.05, 3.63) is 102 Å². The summed E-state index contributed by atoms with van der Waals surface area (Å²) in [7, 11) is 0. The van der Waals surface area contributed by atoms with E-state index < -0.39 is 0 Å². The molecule has 0 saturated carbocycles. The number of hydrogen-bond donors (Lipinski definition) is 1. The molecule has 0 spiro atoms. The topological polar surface area (TPSA) is 50.2 Å². The Balaban J connectivity index is 0.000000309. The van der Waals surface area contributed by atoms with E-state index in [9.17, 15) is 9.90 Å². The van der Waals surface area contributed by atoms with Gasteiger partial charge in [-0.1, -0.05) is 117 Å². The van der Waals surface area contributed by atoms with Crippen molar-refractivity contribution in [2.75, 3.05) is 0 Å². The van der Waals surface area contributed by atoms with E-state index in [2.05, 4.69) is 107 Å². The second kappa shape index (κ2) is 17.8. The molecule has 0 atom stereocenters. The van der Waals surface area contributed by atoms with Crippen LogP contribution in [0.2, 0.25) is 0 Å². The summed E-state index contributed by atoms with van der Waals surface area (Å²) in [6.45, 7) is 23.5. The van der Waals surface area contributed by atoms with Gasteiger partial charge < -0.3 is 5.11 Å². The SMILES string of the molecule is CC(C)Cc1ccc2cc(-c3cc4c(-c5[c-]c6ccccc6c(C(C)(C)C)c5)nccc4s3)sc2c1.CCC(C)(CC)C(=O)/C=C(\O)C(C)(CC)CC.[Ir]. The number of fused-ring (bicyclic) bond motifs is 3. The normalized spacial score (nSPS) is 12.6. The minimum absolute atomic E-state index is 0. The molecule has 0 aliphatic carbocycles. The molecule has 54 heavy (non-hydrogen) atoms. The monoisotopic (exact) mass is 937 g/mol. The van der Waals surface area contributed by atoms with Crippen LogP contribution in [0.5, 0.6) is 0 Å². The Bertz CT molecular complexity index is 2240. The van der Waals surface area contributed by atoms with Crippen LogP contribution in [-0.4, -0.2) is 15.9 Å². The van der Waals surface area contributed by atoms with Gasteiger partial charge in [-0.05, 0) is 84.0 Å². The molecule has 0 saturated heterocycles. The number of aromatic nitrogens is 1. The quantitative estimate of drug-likeness (QED) is 0.0800. The van der Waals surface area contributed by atoms with Crippen molar-refractivity contribution in [1.82, 2.24) is 4.98 Å². The zero-order valence-electron chi connectivity index (χ0n) is 34.1. The Morgan fingerprint density at radius 3 is 2.06 bits per heavy atom. The first-order chi connectivity index (χ1) is 25.0. The van der Waals surface area contributed by atoms with Crippen LogP contribution in [0.15, 0.2) is 84.8 Å². The Morgan fingerprint density at radius 2 is 1.43 bits per heavy atom. The zero-order chi connectivity index (χ0) is 38.7. The Hall–Kier alpha value is -3.15. The van der Waals surface area contributed by atoms with Gasteiger partial charge in [-0.15, -0.1) is 51.8 Å². The Labute approximate surface area is 345 Å². The molecule has 1 radical (unpaired) electrons. The number of aliphatic hydroxyl groups is 1. The summed E-state index contributed by atoms with van der Waals surface area (Å²) >= 11 is 3.76. The minimum Gasteiger partial charge on any atom is -0.512 e. The molecule has 3 aromatic heterocycles. The molecule has 0 aliphatic rings. The second-order valence-electron chi connectivity index (χ2n) is 16.6.